The smallest absolute Gasteiger partial charge is 0.0406 e. The Kier molecular flexibility index (Phi) is 4.63. The highest BCUT2D eigenvalue weighted by Gasteiger charge is 2.13. The molecule has 0 heterocycles. The van der Waals surface area contributed by atoms with Crippen LogP contribution < -0.4 is 0 Å². The third kappa shape index (κ3) is 3.33. The van der Waals surface area contributed by atoms with Crippen LogP contribution in [0.2, 0.25) is 5.02 Å². The number of hydrogen-bond acceptors (Lipinski definition) is 0. The minimum absolute atomic E-state index is 0.755. The molecule has 5 aromatic carbocycles. The van der Waals surface area contributed by atoms with Crippen LogP contribution in [-0.4, -0.2) is 0 Å². The predicted octanol–water partition coefficient (Wildman–Crippen LogP) is 8.48. The fourth-order valence-electron chi connectivity index (χ4n) is 4.01. The van der Waals surface area contributed by atoms with Crippen LogP contribution in [-0.2, 0) is 0 Å². The van der Waals surface area contributed by atoms with Crippen LogP contribution in [0.3, 0.4) is 0 Å². The van der Waals surface area contributed by atoms with Crippen molar-refractivity contribution in [3.05, 3.63) is 119 Å². The van der Waals surface area contributed by atoms with Gasteiger partial charge in [-0.25, -0.2) is 0 Å². The Bertz CT molecular complexity index is 1270. The lowest BCUT2D eigenvalue weighted by molar-refractivity contribution is 1.66. The van der Waals surface area contributed by atoms with Crippen LogP contribution in [0.4, 0.5) is 0 Å². The van der Waals surface area contributed by atoms with E-state index in [0.717, 1.165) is 10.6 Å². The first-order valence-corrected chi connectivity index (χ1v) is 10.1. The van der Waals surface area contributed by atoms with Gasteiger partial charge < -0.3 is 0 Å². The second kappa shape index (κ2) is 7.58. The molecule has 0 aliphatic heterocycles. The van der Waals surface area contributed by atoms with Crippen molar-refractivity contribution in [2.24, 2.45) is 0 Å². The van der Waals surface area contributed by atoms with Crippen LogP contribution in [0.25, 0.3) is 44.8 Å². The van der Waals surface area contributed by atoms with E-state index < -0.39 is 0 Å². The average Bonchev–Trinajstić information content (AvgIpc) is 2.78. The fraction of sp³-hybridized carbons (Fsp3) is 0. The molecule has 0 atom stereocenters. The molecule has 1 heteroatoms. The summed E-state index contributed by atoms with van der Waals surface area (Å²) >= 11 is 6.04. The van der Waals surface area contributed by atoms with Crippen molar-refractivity contribution < 1.29 is 0 Å². The van der Waals surface area contributed by atoms with E-state index in [0.29, 0.717) is 0 Å². The minimum atomic E-state index is 0.755. The molecule has 0 unspecified atom stereocenters. The maximum Gasteiger partial charge on any atom is 0.0406 e. The van der Waals surface area contributed by atoms with E-state index in [4.69, 9.17) is 11.6 Å². The Balaban J connectivity index is 1.82. The first-order valence-electron chi connectivity index (χ1n) is 9.74. The van der Waals surface area contributed by atoms with Crippen molar-refractivity contribution in [1.82, 2.24) is 0 Å². The topological polar surface area (TPSA) is 0 Å². The molecular formula is C28H19Cl. The van der Waals surface area contributed by atoms with Crippen molar-refractivity contribution in [3.8, 4) is 11.1 Å². The second-order valence-electron chi connectivity index (χ2n) is 7.13. The van der Waals surface area contributed by atoms with Gasteiger partial charge in [0, 0.05) is 5.02 Å². The summed E-state index contributed by atoms with van der Waals surface area (Å²) in [5.41, 5.74) is 4.91. The monoisotopic (exact) mass is 390 g/mol. The summed E-state index contributed by atoms with van der Waals surface area (Å²) in [5.74, 6) is 0. The summed E-state index contributed by atoms with van der Waals surface area (Å²) in [7, 11) is 0. The zero-order chi connectivity index (χ0) is 19.6. The second-order valence-corrected chi connectivity index (χ2v) is 7.57. The van der Waals surface area contributed by atoms with Crippen LogP contribution in [0, 0.1) is 0 Å². The summed E-state index contributed by atoms with van der Waals surface area (Å²) in [5, 5.41) is 5.82. The van der Waals surface area contributed by atoms with Gasteiger partial charge in [0.2, 0.25) is 0 Å². The molecule has 0 spiro atoms. The minimum Gasteiger partial charge on any atom is -0.0843 e. The molecule has 0 aliphatic carbocycles. The Morgan fingerprint density at radius 2 is 1.00 bits per heavy atom. The molecule has 0 bridgehead atoms. The average molecular weight is 391 g/mol. The molecule has 138 valence electrons. The largest absolute Gasteiger partial charge is 0.0843 e. The fourth-order valence-corrected chi connectivity index (χ4v) is 4.14. The summed E-state index contributed by atoms with van der Waals surface area (Å²) in [4.78, 5) is 0. The Labute approximate surface area is 175 Å². The molecular weight excluding hydrogens is 372 g/mol. The molecule has 0 aliphatic rings. The number of hydrogen-bond donors (Lipinski definition) is 0. The summed E-state index contributed by atoms with van der Waals surface area (Å²) in [6, 6.07) is 36.0. The van der Waals surface area contributed by atoms with Gasteiger partial charge in [-0.15, -0.1) is 0 Å². The zero-order valence-corrected chi connectivity index (χ0v) is 16.6. The molecule has 0 aromatic heterocycles. The third-order valence-electron chi connectivity index (χ3n) is 5.35. The first kappa shape index (κ1) is 17.7. The molecule has 0 radical (unpaired) electrons. The van der Waals surface area contributed by atoms with Crippen LogP contribution in [0.5, 0.6) is 0 Å². The molecule has 0 fully saturated rings. The van der Waals surface area contributed by atoms with Crippen molar-refractivity contribution >= 4 is 45.3 Å². The number of benzene rings is 5. The van der Waals surface area contributed by atoms with Gasteiger partial charge >= 0.3 is 0 Å². The van der Waals surface area contributed by atoms with E-state index >= 15 is 0 Å². The van der Waals surface area contributed by atoms with Gasteiger partial charge in [-0.1, -0.05) is 115 Å². The van der Waals surface area contributed by atoms with Gasteiger partial charge in [0.25, 0.3) is 0 Å². The van der Waals surface area contributed by atoms with E-state index in [1.807, 2.05) is 24.3 Å². The lowest BCUT2D eigenvalue weighted by Crippen LogP contribution is -1.89. The number of rotatable bonds is 3. The molecule has 0 saturated heterocycles. The molecule has 0 amide bonds. The van der Waals surface area contributed by atoms with Crippen molar-refractivity contribution in [2.45, 2.75) is 0 Å². The van der Waals surface area contributed by atoms with Gasteiger partial charge in [-0.2, -0.15) is 0 Å². The van der Waals surface area contributed by atoms with E-state index in [2.05, 4.69) is 91.0 Å². The number of fused-ring (bicyclic) bond motifs is 2. The van der Waals surface area contributed by atoms with E-state index in [1.165, 1.54) is 38.2 Å². The normalized spacial score (nSPS) is 11.5. The van der Waals surface area contributed by atoms with E-state index in [-0.39, 0.29) is 0 Å². The van der Waals surface area contributed by atoms with Gasteiger partial charge in [-0.3, -0.25) is 0 Å². The predicted molar refractivity (Wildman–Crippen MR) is 127 cm³/mol. The first-order chi connectivity index (χ1) is 14.3. The van der Waals surface area contributed by atoms with Crippen molar-refractivity contribution in [2.75, 3.05) is 0 Å². The highest BCUT2D eigenvalue weighted by Crippen LogP contribution is 2.39. The Morgan fingerprint density at radius 1 is 0.483 bits per heavy atom. The summed E-state index contributed by atoms with van der Waals surface area (Å²) < 4.78 is 0. The van der Waals surface area contributed by atoms with Crippen molar-refractivity contribution in [3.63, 3.8) is 0 Å². The molecule has 0 nitrogen and oxygen atoms in total. The van der Waals surface area contributed by atoms with Crippen LogP contribution in [0.15, 0.2) is 103 Å². The highest BCUT2D eigenvalue weighted by atomic mass is 35.5. The molecule has 5 rings (SSSR count). The number of halogens is 1. The van der Waals surface area contributed by atoms with Crippen molar-refractivity contribution in [1.29, 1.82) is 0 Å². The third-order valence-corrected chi connectivity index (χ3v) is 5.60. The van der Waals surface area contributed by atoms with E-state index in [9.17, 15) is 0 Å². The van der Waals surface area contributed by atoms with Gasteiger partial charge in [0.15, 0.2) is 0 Å². The lowest BCUT2D eigenvalue weighted by atomic mass is 9.88. The Hall–Kier alpha value is -3.35. The van der Waals surface area contributed by atoms with E-state index in [1.54, 1.807) is 0 Å². The standard InChI is InChI=1S/C28H19Cl/c29-22-17-14-20(15-18-22)16-19-25-23-10-4-6-12-26(23)28(21-8-2-1-3-9-21)27-13-7-5-11-24(25)27/h1-19H. The lowest BCUT2D eigenvalue weighted by Gasteiger charge is -2.15. The van der Waals surface area contributed by atoms with Crippen LogP contribution in [0.1, 0.15) is 11.1 Å². The van der Waals surface area contributed by atoms with Gasteiger partial charge in [0.1, 0.15) is 0 Å². The van der Waals surface area contributed by atoms with Crippen LogP contribution >= 0.6 is 11.6 Å². The van der Waals surface area contributed by atoms with Gasteiger partial charge in [-0.05, 0) is 55.9 Å². The molecule has 0 saturated carbocycles. The summed E-state index contributed by atoms with van der Waals surface area (Å²) in [6.45, 7) is 0. The quantitative estimate of drug-likeness (QED) is 0.214. The zero-order valence-electron chi connectivity index (χ0n) is 15.8. The maximum absolute atomic E-state index is 6.04. The SMILES string of the molecule is Clc1ccc(C=Cc2c3ccccc3c(-c3ccccc3)c3ccccc23)cc1. The maximum atomic E-state index is 6.04. The molecule has 5 aromatic rings. The molecule has 0 N–H and O–H groups in total. The van der Waals surface area contributed by atoms with Gasteiger partial charge in [0.05, 0.1) is 0 Å². The summed E-state index contributed by atoms with van der Waals surface area (Å²) in [6.07, 6.45) is 4.38. The highest BCUT2D eigenvalue weighted by molar-refractivity contribution is 6.30. The molecule has 29 heavy (non-hydrogen) atoms. The Morgan fingerprint density at radius 3 is 1.59 bits per heavy atom.